The average Bonchev–Trinajstić information content (AvgIpc) is 2.04. The Morgan fingerprint density at radius 1 is 0.667 bits per heavy atom. The molecule has 12 heavy (non-hydrogen) atoms. The van der Waals surface area contributed by atoms with Gasteiger partial charge < -0.3 is 0 Å². The molecular formula is C12H26. The lowest BCUT2D eigenvalue weighted by Crippen LogP contribution is -1.94. The molecule has 0 saturated heterocycles. The largest absolute Gasteiger partial charge is 0.0776 e. The molecular weight excluding hydrogens is 144 g/mol. The first-order valence-corrected chi connectivity index (χ1v) is 5.29. The number of hydrogen-bond donors (Lipinski definition) is 0. The quantitative estimate of drug-likeness (QED) is 0.497. The summed E-state index contributed by atoms with van der Waals surface area (Å²) in [6.07, 6.45) is 10.3. The van der Waals surface area contributed by atoms with Crippen LogP contribution in [0.15, 0.2) is 0 Å². The van der Waals surface area contributed by atoms with Gasteiger partial charge in [-0.25, -0.2) is 0 Å². The van der Waals surface area contributed by atoms with Crippen molar-refractivity contribution in [3.63, 3.8) is 0 Å². The van der Waals surface area contributed by atoms with Crippen LogP contribution in [-0.2, 0) is 0 Å². The number of rotatable bonds is 0. The Hall–Kier alpha value is 0. The summed E-state index contributed by atoms with van der Waals surface area (Å²) in [5, 5.41) is 0. The normalized spacial score (nSPS) is 32.5. The van der Waals surface area contributed by atoms with Crippen LogP contribution < -0.4 is 0 Å². The van der Waals surface area contributed by atoms with Crippen molar-refractivity contribution >= 4 is 0 Å². The summed E-state index contributed by atoms with van der Waals surface area (Å²) in [5.74, 6) is 2.00. The molecule has 0 aliphatic heterocycles. The van der Waals surface area contributed by atoms with Crippen LogP contribution in [0.2, 0.25) is 0 Å². The third-order valence-corrected chi connectivity index (χ3v) is 3.04. The zero-order chi connectivity index (χ0) is 8.10. The molecule has 74 valence electrons. The number of hydrogen-bond acceptors (Lipinski definition) is 0. The average molecular weight is 170 g/mol. The lowest BCUT2D eigenvalue weighted by Gasteiger charge is -2.08. The molecule has 2 atom stereocenters. The van der Waals surface area contributed by atoms with Gasteiger partial charge in [0.25, 0.3) is 0 Å². The van der Waals surface area contributed by atoms with E-state index < -0.39 is 0 Å². The van der Waals surface area contributed by atoms with Crippen LogP contribution in [0.25, 0.3) is 0 Å². The molecule has 0 heterocycles. The first kappa shape index (κ1) is 12.0. The Bertz CT molecular complexity index is 84.2. The van der Waals surface area contributed by atoms with Gasteiger partial charge in [-0.05, 0) is 11.8 Å². The highest BCUT2D eigenvalue weighted by Crippen LogP contribution is 2.24. The predicted octanol–water partition coefficient (Wildman–Crippen LogP) is 4.64. The van der Waals surface area contributed by atoms with Crippen molar-refractivity contribution in [1.29, 1.82) is 0 Å². The van der Waals surface area contributed by atoms with Gasteiger partial charge in [0, 0.05) is 0 Å². The molecule has 0 spiro atoms. The van der Waals surface area contributed by atoms with Crippen molar-refractivity contribution in [2.75, 3.05) is 0 Å². The second kappa shape index (κ2) is 6.51. The van der Waals surface area contributed by atoms with E-state index in [4.69, 9.17) is 0 Å². The smallest absolute Gasteiger partial charge is 0.0443 e. The first-order valence-electron chi connectivity index (χ1n) is 5.29. The van der Waals surface area contributed by atoms with E-state index in [1.54, 1.807) is 0 Å². The molecule has 2 unspecified atom stereocenters. The van der Waals surface area contributed by atoms with Crippen molar-refractivity contribution in [1.82, 2.24) is 0 Å². The SMILES string of the molecule is C.CC1CCCCC(C)CCC1. The van der Waals surface area contributed by atoms with Crippen LogP contribution in [0.5, 0.6) is 0 Å². The van der Waals surface area contributed by atoms with E-state index in [-0.39, 0.29) is 7.43 Å². The van der Waals surface area contributed by atoms with Gasteiger partial charge in [0.05, 0.1) is 0 Å². The van der Waals surface area contributed by atoms with E-state index >= 15 is 0 Å². The van der Waals surface area contributed by atoms with Gasteiger partial charge in [-0.2, -0.15) is 0 Å². The summed E-state index contributed by atoms with van der Waals surface area (Å²) < 4.78 is 0. The molecule has 0 N–H and O–H groups in total. The fraction of sp³-hybridized carbons (Fsp3) is 1.00. The minimum absolute atomic E-state index is 0. The van der Waals surface area contributed by atoms with Gasteiger partial charge >= 0.3 is 0 Å². The summed E-state index contributed by atoms with van der Waals surface area (Å²) >= 11 is 0. The van der Waals surface area contributed by atoms with Crippen LogP contribution in [0.1, 0.15) is 66.2 Å². The molecule has 1 aliphatic carbocycles. The predicted molar refractivity (Wildman–Crippen MR) is 57.4 cm³/mol. The maximum absolute atomic E-state index is 2.41. The fourth-order valence-corrected chi connectivity index (χ4v) is 2.09. The van der Waals surface area contributed by atoms with E-state index in [1.165, 1.54) is 44.9 Å². The molecule has 0 nitrogen and oxygen atoms in total. The summed E-state index contributed by atoms with van der Waals surface area (Å²) in [4.78, 5) is 0. The van der Waals surface area contributed by atoms with Crippen LogP contribution in [0.4, 0.5) is 0 Å². The van der Waals surface area contributed by atoms with Crippen LogP contribution in [0, 0.1) is 11.8 Å². The standard InChI is InChI=1S/C11H22.CH4/c1-10-6-3-4-7-11(2)9-5-8-10;/h10-11H,3-9H2,1-2H3;1H4. The summed E-state index contributed by atoms with van der Waals surface area (Å²) in [7, 11) is 0. The molecule has 1 saturated carbocycles. The monoisotopic (exact) mass is 170 g/mol. The fourth-order valence-electron chi connectivity index (χ4n) is 2.09. The van der Waals surface area contributed by atoms with Gasteiger partial charge in [0.1, 0.15) is 0 Å². The zero-order valence-electron chi connectivity index (χ0n) is 8.10. The van der Waals surface area contributed by atoms with Gasteiger partial charge in [0.2, 0.25) is 0 Å². The Balaban J connectivity index is 0.00000121. The maximum atomic E-state index is 2.41. The molecule has 1 rings (SSSR count). The van der Waals surface area contributed by atoms with E-state index in [1.807, 2.05) is 0 Å². The summed E-state index contributed by atoms with van der Waals surface area (Å²) in [6, 6.07) is 0. The molecule has 0 bridgehead atoms. The Labute approximate surface area is 78.8 Å². The van der Waals surface area contributed by atoms with Crippen molar-refractivity contribution < 1.29 is 0 Å². The van der Waals surface area contributed by atoms with Crippen molar-refractivity contribution in [3.8, 4) is 0 Å². The Morgan fingerprint density at radius 2 is 1.00 bits per heavy atom. The van der Waals surface area contributed by atoms with Gasteiger partial charge in [0.15, 0.2) is 0 Å². The lowest BCUT2D eigenvalue weighted by molar-refractivity contribution is 0.447. The molecule has 1 aliphatic rings. The topological polar surface area (TPSA) is 0 Å². The second-order valence-corrected chi connectivity index (χ2v) is 4.43. The highest BCUT2D eigenvalue weighted by Gasteiger charge is 2.08. The van der Waals surface area contributed by atoms with Gasteiger partial charge in [-0.15, -0.1) is 0 Å². The molecule has 0 heteroatoms. The van der Waals surface area contributed by atoms with E-state index in [9.17, 15) is 0 Å². The van der Waals surface area contributed by atoms with E-state index in [0.29, 0.717) is 0 Å². The van der Waals surface area contributed by atoms with E-state index in [2.05, 4.69) is 13.8 Å². The minimum Gasteiger partial charge on any atom is -0.0776 e. The Kier molecular flexibility index (Phi) is 6.51. The highest BCUT2D eigenvalue weighted by atomic mass is 14.1. The van der Waals surface area contributed by atoms with Crippen LogP contribution in [0.3, 0.4) is 0 Å². The second-order valence-electron chi connectivity index (χ2n) is 4.43. The molecule has 0 aromatic heterocycles. The zero-order valence-corrected chi connectivity index (χ0v) is 8.10. The minimum atomic E-state index is 0. The Morgan fingerprint density at radius 3 is 1.42 bits per heavy atom. The molecule has 0 radical (unpaired) electrons. The molecule has 0 aromatic carbocycles. The first-order chi connectivity index (χ1) is 5.29. The third-order valence-electron chi connectivity index (χ3n) is 3.04. The summed E-state index contributed by atoms with van der Waals surface area (Å²) in [6.45, 7) is 4.83. The van der Waals surface area contributed by atoms with Gasteiger partial charge in [-0.3, -0.25) is 0 Å². The van der Waals surface area contributed by atoms with Crippen LogP contribution in [-0.4, -0.2) is 0 Å². The highest BCUT2D eigenvalue weighted by molar-refractivity contribution is 4.62. The lowest BCUT2D eigenvalue weighted by atomic mass is 9.98. The summed E-state index contributed by atoms with van der Waals surface area (Å²) in [5.41, 5.74) is 0. The van der Waals surface area contributed by atoms with Crippen molar-refractivity contribution in [2.45, 2.75) is 66.2 Å². The maximum Gasteiger partial charge on any atom is -0.0443 e. The van der Waals surface area contributed by atoms with Crippen LogP contribution >= 0.6 is 0 Å². The van der Waals surface area contributed by atoms with E-state index in [0.717, 1.165) is 11.8 Å². The third kappa shape index (κ3) is 4.79. The van der Waals surface area contributed by atoms with Crippen molar-refractivity contribution in [2.24, 2.45) is 11.8 Å². The van der Waals surface area contributed by atoms with Crippen molar-refractivity contribution in [3.05, 3.63) is 0 Å². The molecule has 0 aromatic rings. The van der Waals surface area contributed by atoms with Gasteiger partial charge in [-0.1, -0.05) is 66.2 Å². The molecule has 0 amide bonds. The molecule has 1 fully saturated rings.